The van der Waals surface area contributed by atoms with Gasteiger partial charge in [0.05, 0.1) is 24.5 Å². The van der Waals surface area contributed by atoms with Crippen LogP contribution in [0.25, 0.3) is 11.3 Å². The molecule has 2 aromatic carbocycles. The van der Waals surface area contributed by atoms with Gasteiger partial charge in [-0.1, -0.05) is 46.3 Å². The lowest BCUT2D eigenvalue weighted by Gasteiger charge is -2.26. The number of para-hydroxylation sites is 2. The fraction of sp³-hybridized carbons (Fsp3) is 0.179. The van der Waals surface area contributed by atoms with Crippen molar-refractivity contribution in [3.05, 3.63) is 101 Å². The van der Waals surface area contributed by atoms with Gasteiger partial charge in [0.2, 0.25) is 5.91 Å². The molecule has 1 saturated heterocycles. The highest BCUT2D eigenvalue weighted by atomic mass is 79.9. The maximum atomic E-state index is 12.9. The van der Waals surface area contributed by atoms with E-state index in [0.29, 0.717) is 23.1 Å². The van der Waals surface area contributed by atoms with Crippen LogP contribution in [-0.2, 0) is 4.79 Å². The number of ether oxygens (including phenoxy) is 1. The zero-order valence-corrected chi connectivity index (χ0v) is 22.5. The van der Waals surface area contributed by atoms with E-state index in [1.54, 1.807) is 13.3 Å². The molecule has 2 aromatic heterocycles. The van der Waals surface area contributed by atoms with Crippen molar-refractivity contribution in [2.24, 2.45) is 0 Å². The highest BCUT2D eigenvalue weighted by Crippen LogP contribution is 2.40. The average Bonchev–Trinajstić information content (AvgIpc) is 3.53. The van der Waals surface area contributed by atoms with E-state index in [1.165, 1.54) is 0 Å². The van der Waals surface area contributed by atoms with E-state index in [4.69, 9.17) is 21.4 Å². The number of hydrogen-bond acceptors (Lipinski definition) is 5. The number of amides is 1. The van der Waals surface area contributed by atoms with Crippen LogP contribution >= 0.6 is 28.1 Å². The minimum absolute atomic E-state index is 0.137. The summed E-state index contributed by atoms with van der Waals surface area (Å²) < 4.78 is 12.7. The van der Waals surface area contributed by atoms with E-state index in [9.17, 15) is 4.79 Å². The largest absolute Gasteiger partial charge is 0.495 e. The van der Waals surface area contributed by atoms with Crippen LogP contribution in [0.2, 0.25) is 0 Å². The second-order valence-corrected chi connectivity index (χ2v) is 9.83. The minimum Gasteiger partial charge on any atom is -0.495 e. The van der Waals surface area contributed by atoms with Crippen LogP contribution in [0.5, 0.6) is 5.75 Å². The summed E-state index contributed by atoms with van der Waals surface area (Å²) in [5.74, 6) is 1.97. The Morgan fingerprint density at radius 2 is 1.89 bits per heavy atom. The second-order valence-electron chi connectivity index (χ2n) is 8.53. The van der Waals surface area contributed by atoms with Crippen LogP contribution in [0.15, 0.2) is 93.9 Å². The van der Waals surface area contributed by atoms with Crippen LogP contribution in [0.1, 0.15) is 30.0 Å². The molecule has 0 unspecified atom stereocenters. The highest BCUT2D eigenvalue weighted by molar-refractivity contribution is 9.10. The first kappa shape index (κ1) is 25.0. The summed E-state index contributed by atoms with van der Waals surface area (Å²) in [4.78, 5) is 19.4. The molecular weight excluding hydrogens is 552 g/mol. The molecule has 2 N–H and O–H groups in total. The molecule has 1 fully saturated rings. The SMILES string of the molecule is COc1ccccc1NC(=O)CCN1C(=S)N[C@H](c2ccccn2)[C@H]1c1ccc(-c2ccc(Br)cc2)o1. The summed E-state index contributed by atoms with van der Waals surface area (Å²) in [6.45, 7) is 0.398. The lowest BCUT2D eigenvalue weighted by atomic mass is 10.0. The van der Waals surface area contributed by atoms with Gasteiger partial charge in [0.15, 0.2) is 5.11 Å². The number of hydrogen-bond donors (Lipinski definition) is 2. The summed E-state index contributed by atoms with van der Waals surface area (Å²) in [5.41, 5.74) is 2.45. The molecule has 3 heterocycles. The van der Waals surface area contributed by atoms with Crippen LogP contribution in [0.3, 0.4) is 0 Å². The van der Waals surface area contributed by atoms with Gasteiger partial charge in [-0.05, 0) is 60.7 Å². The Labute approximate surface area is 229 Å². The lowest BCUT2D eigenvalue weighted by molar-refractivity contribution is -0.116. The molecule has 0 radical (unpaired) electrons. The number of anilines is 1. The van der Waals surface area contributed by atoms with E-state index in [0.717, 1.165) is 27.3 Å². The quantitative estimate of drug-likeness (QED) is 0.245. The molecule has 1 aliphatic rings. The molecular formula is C28H25BrN4O3S. The number of nitrogens with zero attached hydrogens (tertiary/aromatic N) is 2. The number of methoxy groups -OCH3 is 1. The van der Waals surface area contributed by atoms with Crippen LogP contribution in [0.4, 0.5) is 5.69 Å². The average molecular weight is 578 g/mol. The second kappa shape index (κ2) is 11.1. The number of pyridine rings is 1. The number of benzene rings is 2. The van der Waals surface area contributed by atoms with E-state index < -0.39 is 0 Å². The molecule has 0 bridgehead atoms. The van der Waals surface area contributed by atoms with Crippen LogP contribution < -0.4 is 15.4 Å². The van der Waals surface area contributed by atoms with Crippen molar-refractivity contribution < 1.29 is 13.9 Å². The molecule has 1 amide bonds. The van der Waals surface area contributed by atoms with Crippen molar-refractivity contribution in [3.63, 3.8) is 0 Å². The molecule has 188 valence electrons. The summed E-state index contributed by atoms with van der Waals surface area (Å²) in [7, 11) is 1.58. The fourth-order valence-corrected chi connectivity index (χ4v) is 5.02. The molecule has 37 heavy (non-hydrogen) atoms. The first-order valence-electron chi connectivity index (χ1n) is 11.8. The predicted molar refractivity (Wildman–Crippen MR) is 150 cm³/mol. The van der Waals surface area contributed by atoms with Crippen LogP contribution in [-0.4, -0.2) is 34.6 Å². The van der Waals surface area contributed by atoms with E-state index in [2.05, 4.69) is 31.5 Å². The third kappa shape index (κ3) is 5.52. The first-order chi connectivity index (χ1) is 18.0. The third-order valence-electron chi connectivity index (χ3n) is 6.21. The number of nitrogens with one attached hydrogen (secondary N) is 2. The Hall–Kier alpha value is -3.69. The molecule has 0 saturated carbocycles. The summed E-state index contributed by atoms with van der Waals surface area (Å²) in [6, 6.07) is 24.5. The van der Waals surface area contributed by atoms with Crippen molar-refractivity contribution in [1.82, 2.24) is 15.2 Å². The van der Waals surface area contributed by atoms with Crippen molar-refractivity contribution in [1.29, 1.82) is 0 Å². The Kier molecular flexibility index (Phi) is 7.52. The molecule has 5 rings (SSSR count). The smallest absolute Gasteiger partial charge is 0.226 e. The number of aromatic nitrogens is 1. The summed E-state index contributed by atoms with van der Waals surface area (Å²) >= 11 is 9.20. The summed E-state index contributed by atoms with van der Waals surface area (Å²) in [6.07, 6.45) is 1.99. The van der Waals surface area contributed by atoms with Crippen molar-refractivity contribution >= 4 is 44.9 Å². The molecule has 0 spiro atoms. The van der Waals surface area contributed by atoms with Gasteiger partial charge in [-0.3, -0.25) is 9.78 Å². The Bertz CT molecular complexity index is 1390. The van der Waals surface area contributed by atoms with Crippen molar-refractivity contribution in [3.8, 4) is 17.1 Å². The first-order valence-corrected chi connectivity index (χ1v) is 13.0. The zero-order chi connectivity index (χ0) is 25.8. The number of carbonyl (C=O) groups is 1. The molecule has 1 aliphatic heterocycles. The molecule has 9 heteroatoms. The standard InChI is InChI=1S/C28H25BrN4O3S/c1-35-23-8-3-2-6-20(23)31-25(34)15-17-33-27(26(32-28(33)37)21-7-4-5-16-30-21)24-14-13-22(36-24)18-9-11-19(29)12-10-18/h2-14,16,26-27H,15,17H2,1H3,(H,31,34)(H,32,37)/t26-,27-/m1/s1. The van der Waals surface area contributed by atoms with Gasteiger partial charge >= 0.3 is 0 Å². The monoisotopic (exact) mass is 576 g/mol. The van der Waals surface area contributed by atoms with Crippen molar-refractivity contribution in [2.75, 3.05) is 19.0 Å². The normalized spacial score (nSPS) is 16.9. The number of rotatable bonds is 8. The number of carbonyl (C=O) groups excluding carboxylic acids is 1. The number of furan rings is 1. The van der Waals surface area contributed by atoms with Crippen molar-refractivity contribution in [2.45, 2.75) is 18.5 Å². The maximum Gasteiger partial charge on any atom is 0.226 e. The van der Waals surface area contributed by atoms with Gasteiger partial charge in [-0.15, -0.1) is 0 Å². The molecule has 7 nitrogen and oxygen atoms in total. The highest BCUT2D eigenvalue weighted by Gasteiger charge is 2.41. The molecule has 0 aliphatic carbocycles. The van der Waals surface area contributed by atoms with Gasteiger partial charge in [0, 0.05) is 29.2 Å². The lowest BCUT2D eigenvalue weighted by Crippen LogP contribution is -2.32. The van der Waals surface area contributed by atoms with E-state index in [-0.39, 0.29) is 24.4 Å². The topological polar surface area (TPSA) is 79.6 Å². The Balaban J connectivity index is 1.39. The number of thiocarbonyl (C=S) groups is 1. The van der Waals surface area contributed by atoms with Gasteiger partial charge in [0.25, 0.3) is 0 Å². The summed E-state index contributed by atoms with van der Waals surface area (Å²) in [5, 5.41) is 6.88. The maximum absolute atomic E-state index is 12.9. The number of halogens is 1. The minimum atomic E-state index is -0.273. The fourth-order valence-electron chi connectivity index (χ4n) is 4.42. The predicted octanol–water partition coefficient (Wildman–Crippen LogP) is 6.11. The third-order valence-corrected chi connectivity index (χ3v) is 7.09. The van der Waals surface area contributed by atoms with E-state index in [1.807, 2.05) is 83.8 Å². The Morgan fingerprint density at radius 1 is 1.11 bits per heavy atom. The van der Waals surface area contributed by atoms with Gasteiger partial charge in [-0.2, -0.15) is 0 Å². The molecule has 4 aromatic rings. The zero-order valence-electron chi connectivity index (χ0n) is 20.1. The van der Waals surface area contributed by atoms with Gasteiger partial charge in [-0.25, -0.2) is 0 Å². The Morgan fingerprint density at radius 3 is 2.65 bits per heavy atom. The van der Waals surface area contributed by atoms with Gasteiger partial charge in [0.1, 0.15) is 23.3 Å². The van der Waals surface area contributed by atoms with Crippen LogP contribution in [0, 0.1) is 0 Å². The van der Waals surface area contributed by atoms with E-state index >= 15 is 0 Å². The van der Waals surface area contributed by atoms with Gasteiger partial charge < -0.3 is 24.7 Å². The molecule has 2 atom stereocenters.